The predicted octanol–water partition coefficient (Wildman–Crippen LogP) is 4.80. The molecule has 2 aromatic carbocycles. The zero-order valence-corrected chi connectivity index (χ0v) is 16.5. The summed E-state index contributed by atoms with van der Waals surface area (Å²) in [4.78, 5) is 17.6. The van der Waals surface area contributed by atoms with Crippen molar-refractivity contribution in [2.24, 2.45) is 0 Å². The van der Waals surface area contributed by atoms with Crippen molar-refractivity contribution in [3.05, 3.63) is 88.6 Å². The Labute approximate surface area is 167 Å². The molecule has 0 radical (unpaired) electrons. The van der Waals surface area contributed by atoms with E-state index in [-0.39, 0.29) is 11.9 Å². The minimum atomic E-state index is -0.106. The molecule has 4 rings (SSSR count). The van der Waals surface area contributed by atoms with Crippen LogP contribution >= 0.6 is 11.3 Å². The van der Waals surface area contributed by atoms with E-state index >= 15 is 0 Å². The highest BCUT2D eigenvalue weighted by atomic mass is 32.1. The minimum absolute atomic E-state index is 0.0570. The molecule has 1 N–H and O–H groups in total. The maximum atomic E-state index is 12.9. The number of amides is 1. The molecule has 0 fully saturated rings. The van der Waals surface area contributed by atoms with Gasteiger partial charge in [0, 0.05) is 5.56 Å². The number of benzene rings is 2. The maximum absolute atomic E-state index is 12.9. The molecule has 0 saturated heterocycles. The van der Waals surface area contributed by atoms with Gasteiger partial charge in [0.05, 0.1) is 16.6 Å². The van der Waals surface area contributed by atoms with Crippen molar-refractivity contribution in [3.8, 4) is 16.8 Å². The van der Waals surface area contributed by atoms with E-state index in [2.05, 4.69) is 46.6 Å². The maximum Gasteiger partial charge on any atom is 0.262 e. The highest BCUT2D eigenvalue weighted by Crippen LogP contribution is 2.29. The number of nitrogens with one attached hydrogen (secondary N) is 1. The van der Waals surface area contributed by atoms with Gasteiger partial charge in [-0.05, 0) is 48.6 Å². The molecular formula is C22H20N4OS. The normalized spacial score (nSPS) is 11.9. The molecule has 28 heavy (non-hydrogen) atoms. The number of carbonyl (C=O) groups is 1. The Balaban J connectivity index is 1.49. The van der Waals surface area contributed by atoms with Crippen molar-refractivity contribution in [2.45, 2.75) is 19.9 Å². The molecule has 4 aromatic rings. The summed E-state index contributed by atoms with van der Waals surface area (Å²) in [5.41, 5.74) is 5.19. The molecule has 0 saturated carbocycles. The Bertz CT molecular complexity index is 1070. The molecule has 6 heteroatoms. The van der Waals surface area contributed by atoms with Gasteiger partial charge < -0.3 is 5.32 Å². The lowest BCUT2D eigenvalue weighted by molar-refractivity contribution is 0.0944. The van der Waals surface area contributed by atoms with Gasteiger partial charge in [0.2, 0.25) is 0 Å². The van der Waals surface area contributed by atoms with Crippen LogP contribution in [0.1, 0.15) is 33.8 Å². The summed E-state index contributed by atoms with van der Waals surface area (Å²) in [6.45, 7) is 4.04. The minimum Gasteiger partial charge on any atom is -0.345 e. The standard InChI is InChI=1S/C22H20N4OS/c1-15-3-5-18(6-4-15)20-11-12-28-21(20)22(27)25-16(2)17-7-9-19(10-8-17)26-14-23-13-24-26/h3-14,16H,1-2H3,(H,25,27). The summed E-state index contributed by atoms with van der Waals surface area (Å²) in [5, 5.41) is 9.20. The molecule has 5 nitrogen and oxygen atoms in total. The number of aromatic nitrogens is 3. The third-order valence-electron chi connectivity index (χ3n) is 4.66. The Morgan fingerprint density at radius 3 is 2.50 bits per heavy atom. The molecule has 1 atom stereocenters. The van der Waals surface area contributed by atoms with Crippen LogP contribution < -0.4 is 5.32 Å². The van der Waals surface area contributed by atoms with Crippen LogP contribution in [-0.2, 0) is 0 Å². The first-order chi connectivity index (χ1) is 13.6. The van der Waals surface area contributed by atoms with E-state index in [4.69, 9.17) is 0 Å². The molecule has 2 aromatic heterocycles. The lowest BCUT2D eigenvalue weighted by Gasteiger charge is -2.15. The first-order valence-corrected chi connectivity index (χ1v) is 9.90. The van der Waals surface area contributed by atoms with Crippen LogP contribution in [0.15, 0.2) is 72.6 Å². The van der Waals surface area contributed by atoms with Gasteiger partial charge in [0.25, 0.3) is 5.91 Å². The second kappa shape index (κ2) is 7.78. The fraction of sp³-hybridized carbons (Fsp3) is 0.136. The van der Waals surface area contributed by atoms with Crippen LogP contribution in [0.4, 0.5) is 0 Å². The highest BCUT2D eigenvalue weighted by molar-refractivity contribution is 7.12. The van der Waals surface area contributed by atoms with E-state index in [0.29, 0.717) is 0 Å². The summed E-state index contributed by atoms with van der Waals surface area (Å²) in [7, 11) is 0. The van der Waals surface area contributed by atoms with Crippen LogP contribution in [0.2, 0.25) is 0 Å². The van der Waals surface area contributed by atoms with Gasteiger partial charge in [-0.2, -0.15) is 5.10 Å². The van der Waals surface area contributed by atoms with Crippen molar-refractivity contribution in [1.82, 2.24) is 20.1 Å². The van der Waals surface area contributed by atoms with Gasteiger partial charge in [-0.15, -0.1) is 11.3 Å². The first-order valence-electron chi connectivity index (χ1n) is 9.02. The number of carbonyl (C=O) groups excluding carboxylic acids is 1. The Kier molecular flexibility index (Phi) is 5.04. The van der Waals surface area contributed by atoms with Crippen LogP contribution in [-0.4, -0.2) is 20.7 Å². The van der Waals surface area contributed by atoms with Crippen molar-refractivity contribution >= 4 is 17.2 Å². The molecule has 0 aliphatic heterocycles. The quantitative estimate of drug-likeness (QED) is 0.534. The van der Waals surface area contributed by atoms with Crippen molar-refractivity contribution in [1.29, 1.82) is 0 Å². The number of nitrogens with zero attached hydrogens (tertiary/aromatic N) is 3. The third-order valence-corrected chi connectivity index (χ3v) is 5.57. The summed E-state index contributed by atoms with van der Waals surface area (Å²) in [6, 6.07) is 18.1. The average Bonchev–Trinajstić information content (AvgIpc) is 3.41. The van der Waals surface area contributed by atoms with Gasteiger partial charge >= 0.3 is 0 Å². The molecule has 2 heterocycles. The van der Waals surface area contributed by atoms with Crippen LogP contribution in [0.3, 0.4) is 0 Å². The zero-order valence-electron chi connectivity index (χ0n) is 15.7. The predicted molar refractivity (Wildman–Crippen MR) is 112 cm³/mol. The van der Waals surface area contributed by atoms with Crippen LogP contribution in [0.5, 0.6) is 0 Å². The van der Waals surface area contributed by atoms with Crippen molar-refractivity contribution < 1.29 is 4.79 Å². The summed E-state index contributed by atoms with van der Waals surface area (Å²) in [6.07, 6.45) is 3.16. The number of thiophene rings is 1. The van der Waals surface area contributed by atoms with E-state index in [1.54, 1.807) is 11.0 Å². The highest BCUT2D eigenvalue weighted by Gasteiger charge is 2.17. The molecule has 0 aliphatic rings. The topological polar surface area (TPSA) is 59.8 Å². The molecule has 0 spiro atoms. The van der Waals surface area contributed by atoms with E-state index in [1.807, 2.05) is 42.6 Å². The molecule has 1 amide bonds. The molecule has 1 unspecified atom stereocenters. The van der Waals surface area contributed by atoms with E-state index in [0.717, 1.165) is 27.3 Å². The smallest absolute Gasteiger partial charge is 0.262 e. The fourth-order valence-electron chi connectivity index (χ4n) is 3.05. The Morgan fingerprint density at radius 1 is 1.07 bits per heavy atom. The van der Waals surface area contributed by atoms with Crippen molar-refractivity contribution in [3.63, 3.8) is 0 Å². The summed E-state index contributed by atoms with van der Waals surface area (Å²) < 4.78 is 1.70. The van der Waals surface area contributed by atoms with Gasteiger partial charge in [0.1, 0.15) is 12.7 Å². The molecule has 0 bridgehead atoms. The van der Waals surface area contributed by atoms with Crippen molar-refractivity contribution in [2.75, 3.05) is 0 Å². The van der Waals surface area contributed by atoms with Gasteiger partial charge in [-0.1, -0.05) is 42.0 Å². The van der Waals surface area contributed by atoms with E-state index in [1.165, 1.54) is 23.2 Å². The van der Waals surface area contributed by atoms with E-state index in [9.17, 15) is 4.79 Å². The zero-order chi connectivity index (χ0) is 19.5. The van der Waals surface area contributed by atoms with Gasteiger partial charge in [-0.25, -0.2) is 9.67 Å². The second-order valence-corrected chi connectivity index (χ2v) is 7.57. The largest absolute Gasteiger partial charge is 0.345 e. The van der Waals surface area contributed by atoms with E-state index < -0.39 is 0 Å². The Hall–Kier alpha value is -3.25. The van der Waals surface area contributed by atoms with Crippen LogP contribution in [0.25, 0.3) is 16.8 Å². The monoisotopic (exact) mass is 388 g/mol. The number of rotatable bonds is 5. The fourth-order valence-corrected chi connectivity index (χ4v) is 3.87. The van der Waals surface area contributed by atoms with Gasteiger partial charge in [-0.3, -0.25) is 4.79 Å². The number of aryl methyl sites for hydroxylation is 1. The second-order valence-electron chi connectivity index (χ2n) is 6.66. The summed E-state index contributed by atoms with van der Waals surface area (Å²) in [5.74, 6) is -0.0570. The lowest BCUT2D eigenvalue weighted by atomic mass is 10.0. The number of hydrogen-bond donors (Lipinski definition) is 1. The average molecular weight is 388 g/mol. The summed E-state index contributed by atoms with van der Waals surface area (Å²) >= 11 is 1.46. The molecule has 0 aliphatic carbocycles. The first kappa shape index (κ1) is 18.1. The van der Waals surface area contributed by atoms with Crippen LogP contribution in [0, 0.1) is 6.92 Å². The molecule has 140 valence electrons. The SMILES string of the molecule is Cc1ccc(-c2ccsc2C(=O)NC(C)c2ccc(-n3cncn3)cc2)cc1. The van der Waals surface area contributed by atoms with Gasteiger partial charge in [0.15, 0.2) is 0 Å². The third kappa shape index (κ3) is 3.73. The molecular weight excluding hydrogens is 368 g/mol. The Morgan fingerprint density at radius 2 is 1.82 bits per heavy atom. The number of hydrogen-bond acceptors (Lipinski definition) is 4. The lowest BCUT2D eigenvalue weighted by Crippen LogP contribution is -2.26.